The number of nitriles is 3. The Morgan fingerprint density at radius 1 is 1.06 bits per heavy atom. The lowest BCUT2D eigenvalue weighted by Gasteiger charge is -2.23. The summed E-state index contributed by atoms with van der Waals surface area (Å²) in [4.78, 5) is 12.8. The lowest BCUT2D eigenvalue weighted by Crippen LogP contribution is -2.34. The van der Waals surface area contributed by atoms with Crippen molar-refractivity contribution in [2.45, 2.75) is 25.7 Å². The molecule has 0 saturated heterocycles. The van der Waals surface area contributed by atoms with E-state index in [-0.39, 0.29) is 13.0 Å². The molecule has 1 unspecified atom stereocenters. The van der Waals surface area contributed by atoms with Crippen LogP contribution in [0.15, 0.2) is 0 Å². The molecule has 0 aliphatic carbocycles. The Morgan fingerprint density at radius 3 is 1.94 bits per heavy atom. The molecule has 1 atom stereocenters. The van der Waals surface area contributed by atoms with E-state index in [1.165, 1.54) is 0 Å². The van der Waals surface area contributed by atoms with Gasteiger partial charge in [0, 0.05) is 38.9 Å². The van der Waals surface area contributed by atoms with Gasteiger partial charge in [-0.3, -0.25) is 4.79 Å². The van der Waals surface area contributed by atoms with E-state index in [1.807, 2.05) is 18.2 Å². The maximum Gasteiger partial charge on any atom is 0.307 e. The zero-order valence-corrected chi connectivity index (χ0v) is 10.2. The van der Waals surface area contributed by atoms with Crippen LogP contribution in [0.5, 0.6) is 0 Å². The Balaban J connectivity index is 4.39. The number of carbonyl (C=O) groups is 1. The first-order chi connectivity index (χ1) is 8.65. The number of aliphatic carboxylic acids is 1. The summed E-state index contributed by atoms with van der Waals surface area (Å²) in [5, 5.41) is 34.6. The van der Waals surface area contributed by atoms with Crippen molar-refractivity contribution in [1.29, 1.82) is 15.8 Å². The van der Waals surface area contributed by atoms with Gasteiger partial charge in [-0.15, -0.1) is 0 Å². The second kappa shape index (κ2) is 10.1. The topological polar surface area (TPSA) is 112 Å². The van der Waals surface area contributed by atoms with E-state index >= 15 is 0 Å². The van der Waals surface area contributed by atoms with Crippen LogP contribution in [-0.2, 0) is 4.79 Å². The summed E-state index contributed by atoms with van der Waals surface area (Å²) >= 11 is 0. The van der Waals surface area contributed by atoms with Crippen molar-refractivity contribution in [2.75, 3.05) is 19.6 Å². The fourth-order valence-corrected chi connectivity index (χ4v) is 1.55. The van der Waals surface area contributed by atoms with E-state index in [4.69, 9.17) is 20.9 Å². The van der Waals surface area contributed by atoms with E-state index in [9.17, 15) is 4.79 Å². The predicted molar refractivity (Wildman–Crippen MR) is 62.9 cm³/mol. The van der Waals surface area contributed by atoms with Gasteiger partial charge in [0.1, 0.15) is 0 Å². The van der Waals surface area contributed by atoms with Crippen LogP contribution in [0.4, 0.5) is 0 Å². The van der Waals surface area contributed by atoms with Crippen LogP contribution in [0.3, 0.4) is 0 Å². The molecular weight excluding hydrogens is 232 g/mol. The molecule has 0 amide bonds. The first-order valence-electron chi connectivity index (χ1n) is 5.71. The van der Waals surface area contributed by atoms with Gasteiger partial charge in [0.15, 0.2) is 0 Å². The lowest BCUT2D eigenvalue weighted by atomic mass is 10.0. The molecule has 0 aromatic carbocycles. The minimum Gasteiger partial charge on any atom is -0.481 e. The normalized spacial score (nSPS) is 11.2. The summed E-state index contributed by atoms with van der Waals surface area (Å²) in [6.45, 7) is 1.18. The van der Waals surface area contributed by atoms with Crippen LogP contribution in [0, 0.1) is 39.9 Å². The fraction of sp³-hybridized carbons (Fsp3) is 0.667. The number of hydrogen-bond donors (Lipinski definition) is 1. The molecule has 0 bridgehead atoms. The van der Waals surface area contributed by atoms with Crippen LogP contribution in [0.25, 0.3) is 0 Å². The molecule has 0 aliphatic rings. The average molecular weight is 248 g/mol. The molecule has 0 aliphatic heterocycles. The first-order valence-corrected chi connectivity index (χ1v) is 5.71. The summed E-state index contributed by atoms with van der Waals surface area (Å²) in [6.07, 6.45) is 1.09. The van der Waals surface area contributed by atoms with Gasteiger partial charge in [0.2, 0.25) is 0 Å². The Hall–Kier alpha value is -2.10. The maximum absolute atomic E-state index is 11.0. The van der Waals surface area contributed by atoms with Gasteiger partial charge in [-0.25, -0.2) is 0 Å². The molecule has 0 fully saturated rings. The molecular formula is C12H16N4O2. The van der Waals surface area contributed by atoms with E-state index < -0.39 is 11.9 Å². The van der Waals surface area contributed by atoms with Gasteiger partial charge >= 0.3 is 5.97 Å². The number of nitrogens with zero attached hydrogens (tertiary/aromatic N) is 4. The third-order valence-corrected chi connectivity index (χ3v) is 2.51. The third kappa shape index (κ3) is 7.22. The van der Waals surface area contributed by atoms with Crippen molar-refractivity contribution in [1.82, 2.24) is 4.90 Å². The summed E-state index contributed by atoms with van der Waals surface area (Å²) in [6, 6.07) is 5.92. The first kappa shape index (κ1) is 15.9. The van der Waals surface area contributed by atoms with Crippen LogP contribution in [0.2, 0.25) is 0 Å². The predicted octanol–water partition coefficient (Wildman–Crippen LogP) is 1.12. The van der Waals surface area contributed by atoms with Crippen molar-refractivity contribution >= 4 is 5.97 Å². The number of carboxylic acid groups (broad SMARTS) is 1. The quantitative estimate of drug-likeness (QED) is 0.654. The summed E-state index contributed by atoms with van der Waals surface area (Å²) in [5.74, 6) is -1.56. The minimum atomic E-state index is -0.941. The maximum atomic E-state index is 11.0. The van der Waals surface area contributed by atoms with Gasteiger partial charge in [-0.1, -0.05) is 0 Å². The number of hydrogen-bond acceptors (Lipinski definition) is 5. The van der Waals surface area contributed by atoms with Gasteiger partial charge in [-0.05, 0) is 6.42 Å². The number of rotatable bonds is 9. The van der Waals surface area contributed by atoms with Crippen LogP contribution >= 0.6 is 0 Å². The summed E-state index contributed by atoms with van der Waals surface area (Å²) in [7, 11) is 0. The molecule has 0 aromatic rings. The molecule has 0 rings (SSSR count). The average Bonchev–Trinajstić information content (AvgIpc) is 2.36. The van der Waals surface area contributed by atoms with Gasteiger partial charge in [-0.2, -0.15) is 15.8 Å². The molecule has 96 valence electrons. The summed E-state index contributed by atoms with van der Waals surface area (Å²) < 4.78 is 0. The highest BCUT2D eigenvalue weighted by Crippen LogP contribution is 2.10. The van der Waals surface area contributed by atoms with Crippen molar-refractivity contribution in [3.63, 3.8) is 0 Å². The Kier molecular flexibility index (Phi) is 8.90. The van der Waals surface area contributed by atoms with Crippen LogP contribution < -0.4 is 0 Å². The molecule has 1 N–H and O–H groups in total. The van der Waals surface area contributed by atoms with Gasteiger partial charge in [0.25, 0.3) is 0 Å². The van der Waals surface area contributed by atoms with Crippen molar-refractivity contribution < 1.29 is 9.90 Å². The van der Waals surface area contributed by atoms with Crippen molar-refractivity contribution in [3.05, 3.63) is 0 Å². The molecule has 0 aromatic heterocycles. The second-order valence-electron chi connectivity index (χ2n) is 3.85. The molecule has 6 heteroatoms. The highest BCUT2D eigenvalue weighted by atomic mass is 16.4. The highest BCUT2D eigenvalue weighted by Gasteiger charge is 2.20. The third-order valence-electron chi connectivity index (χ3n) is 2.51. The zero-order valence-electron chi connectivity index (χ0n) is 10.2. The smallest absolute Gasteiger partial charge is 0.307 e. The molecule has 0 spiro atoms. The molecule has 6 nitrogen and oxygen atoms in total. The zero-order chi connectivity index (χ0) is 13.8. The fourth-order valence-electron chi connectivity index (χ4n) is 1.55. The van der Waals surface area contributed by atoms with E-state index in [2.05, 4.69) is 0 Å². The minimum absolute atomic E-state index is 0.196. The molecule has 0 radical (unpaired) electrons. The Labute approximate surface area is 107 Å². The van der Waals surface area contributed by atoms with Crippen molar-refractivity contribution in [2.24, 2.45) is 5.92 Å². The highest BCUT2D eigenvalue weighted by molar-refractivity contribution is 5.70. The van der Waals surface area contributed by atoms with E-state index in [0.29, 0.717) is 32.4 Å². The van der Waals surface area contributed by atoms with E-state index in [1.54, 1.807) is 4.90 Å². The number of carboxylic acids is 1. The molecule has 18 heavy (non-hydrogen) atoms. The van der Waals surface area contributed by atoms with Gasteiger partial charge in [0.05, 0.1) is 24.1 Å². The SMILES string of the molecule is N#CCCC(CN(CCC#N)CCC#N)C(=O)O. The summed E-state index contributed by atoms with van der Waals surface area (Å²) in [5.41, 5.74) is 0. The largest absolute Gasteiger partial charge is 0.481 e. The Morgan fingerprint density at radius 2 is 1.56 bits per heavy atom. The molecule has 0 heterocycles. The van der Waals surface area contributed by atoms with Crippen LogP contribution in [0.1, 0.15) is 25.7 Å². The van der Waals surface area contributed by atoms with Crippen LogP contribution in [-0.4, -0.2) is 35.6 Å². The monoisotopic (exact) mass is 248 g/mol. The Bertz CT molecular complexity index is 357. The standard InChI is InChI=1S/C12H16N4O2/c13-5-1-4-11(12(17)18)10-16(8-2-6-14)9-3-7-15/h11H,1-4,8-10H2,(H,17,18). The lowest BCUT2D eigenvalue weighted by molar-refractivity contribution is -0.142. The van der Waals surface area contributed by atoms with E-state index in [0.717, 1.165) is 0 Å². The van der Waals surface area contributed by atoms with Crippen molar-refractivity contribution in [3.8, 4) is 18.2 Å². The second-order valence-corrected chi connectivity index (χ2v) is 3.85. The molecule has 0 saturated carbocycles. The van der Waals surface area contributed by atoms with Gasteiger partial charge < -0.3 is 10.0 Å².